The lowest BCUT2D eigenvalue weighted by Crippen LogP contribution is -2.03. The number of aromatic nitrogens is 4. The average Bonchev–Trinajstić information content (AvgIpc) is 3.17. The highest BCUT2D eigenvalue weighted by molar-refractivity contribution is 5.83. The monoisotopic (exact) mass is 341 g/mol. The quantitative estimate of drug-likeness (QED) is 0.565. The summed E-state index contributed by atoms with van der Waals surface area (Å²) in [7, 11) is 0. The molecule has 4 aromatic rings. The van der Waals surface area contributed by atoms with E-state index in [2.05, 4.69) is 21.6 Å². The molecule has 0 saturated carbocycles. The topological polar surface area (TPSA) is 67.4 Å². The first kappa shape index (κ1) is 15.7. The second-order valence-corrected chi connectivity index (χ2v) is 5.57. The Morgan fingerprint density at radius 1 is 0.808 bits per heavy atom. The Hall–Kier alpha value is -3.85. The number of benzene rings is 3. The summed E-state index contributed by atoms with van der Waals surface area (Å²) in [6.07, 6.45) is 0. The molecule has 124 valence electrons. The van der Waals surface area contributed by atoms with E-state index in [4.69, 9.17) is 0 Å². The van der Waals surface area contributed by atoms with Crippen molar-refractivity contribution in [1.82, 2.24) is 20.2 Å². The SMILES string of the molecule is N#Cc1ccccc1-c1ccccc1-c1nnnn1-c1ccccc1F. The van der Waals surface area contributed by atoms with Gasteiger partial charge < -0.3 is 0 Å². The van der Waals surface area contributed by atoms with E-state index in [1.807, 2.05) is 42.5 Å². The van der Waals surface area contributed by atoms with Gasteiger partial charge in [0.15, 0.2) is 5.82 Å². The van der Waals surface area contributed by atoms with Crippen molar-refractivity contribution < 1.29 is 4.39 Å². The lowest BCUT2D eigenvalue weighted by atomic mass is 9.95. The molecule has 5 nitrogen and oxygen atoms in total. The standard InChI is InChI=1S/C20H12FN5/c21-18-11-5-6-12-19(18)26-20(23-24-25-26)17-10-4-3-9-16(17)15-8-2-1-7-14(15)13-22/h1-12H. The van der Waals surface area contributed by atoms with Crippen LogP contribution in [0.1, 0.15) is 5.56 Å². The van der Waals surface area contributed by atoms with Gasteiger partial charge in [-0.25, -0.2) is 4.39 Å². The van der Waals surface area contributed by atoms with E-state index in [-0.39, 0.29) is 5.69 Å². The molecule has 0 saturated heterocycles. The summed E-state index contributed by atoms with van der Waals surface area (Å²) in [5, 5.41) is 21.2. The maximum absolute atomic E-state index is 14.2. The molecule has 4 rings (SSSR count). The molecule has 0 aliphatic rings. The van der Waals surface area contributed by atoms with E-state index in [9.17, 15) is 9.65 Å². The minimum absolute atomic E-state index is 0.260. The van der Waals surface area contributed by atoms with Gasteiger partial charge in [0.25, 0.3) is 0 Å². The van der Waals surface area contributed by atoms with Gasteiger partial charge in [-0.05, 0) is 34.2 Å². The molecular weight excluding hydrogens is 329 g/mol. The van der Waals surface area contributed by atoms with Crippen LogP contribution in [0.25, 0.3) is 28.2 Å². The first-order valence-electron chi connectivity index (χ1n) is 7.92. The third-order valence-electron chi connectivity index (χ3n) is 4.06. The molecule has 1 heterocycles. The van der Waals surface area contributed by atoms with Gasteiger partial charge in [0, 0.05) is 11.1 Å². The Bertz CT molecular complexity index is 1130. The summed E-state index contributed by atoms with van der Waals surface area (Å²) in [5.41, 5.74) is 3.09. The van der Waals surface area contributed by atoms with Gasteiger partial charge in [0.05, 0.1) is 11.6 Å². The van der Waals surface area contributed by atoms with Gasteiger partial charge in [-0.1, -0.05) is 54.6 Å². The molecule has 0 bridgehead atoms. The van der Waals surface area contributed by atoms with Gasteiger partial charge in [-0.3, -0.25) is 0 Å². The van der Waals surface area contributed by atoms with E-state index in [1.165, 1.54) is 10.7 Å². The molecule has 0 aliphatic carbocycles. The third kappa shape index (κ3) is 2.62. The van der Waals surface area contributed by atoms with Gasteiger partial charge in [0.2, 0.25) is 0 Å². The highest BCUT2D eigenvalue weighted by atomic mass is 19.1. The van der Waals surface area contributed by atoms with Gasteiger partial charge >= 0.3 is 0 Å². The summed E-state index contributed by atoms with van der Waals surface area (Å²) < 4.78 is 15.6. The predicted octanol–water partition coefficient (Wildman–Crippen LogP) is 4.01. The Kier molecular flexibility index (Phi) is 3.96. The molecule has 0 N–H and O–H groups in total. The fourth-order valence-electron chi connectivity index (χ4n) is 2.87. The van der Waals surface area contributed by atoms with Crippen molar-refractivity contribution in [3.8, 4) is 34.3 Å². The van der Waals surface area contributed by atoms with Crippen molar-refractivity contribution in [2.24, 2.45) is 0 Å². The molecule has 0 atom stereocenters. The highest BCUT2D eigenvalue weighted by Gasteiger charge is 2.18. The van der Waals surface area contributed by atoms with Crippen molar-refractivity contribution in [2.75, 3.05) is 0 Å². The molecule has 3 aromatic carbocycles. The number of hydrogen-bond donors (Lipinski definition) is 0. The fourth-order valence-corrected chi connectivity index (χ4v) is 2.87. The summed E-state index contributed by atoms with van der Waals surface area (Å²) in [5.74, 6) is -0.0191. The second-order valence-electron chi connectivity index (χ2n) is 5.57. The minimum atomic E-state index is -0.420. The third-order valence-corrected chi connectivity index (χ3v) is 4.06. The molecule has 0 fully saturated rings. The second kappa shape index (κ2) is 6.57. The Labute approximate surface area is 149 Å². The summed E-state index contributed by atoms with van der Waals surface area (Å²) in [6, 6.07) is 23.3. The van der Waals surface area contributed by atoms with Crippen LogP contribution in [0, 0.1) is 17.1 Å². The fraction of sp³-hybridized carbons (Fsp3) is 0. The van der Waals surface area contributed by atoms with Crippen molar-refractivity contribution in [3.63, 3.8) is 0 Å². The first-order chi connectivity index (χ1) is 12.8. The van der Waals surface area contributed by atoms with Crippen LogP contribution >= 0.6 is 0 Å². The molecule has 0 radical (unpaired) electrons. The lowest BCUT2D eigenvalue weighted by Gasteiger charge is -2.11. The molecule has 0 amide bonds. The van der Waals surface area contributed by atoms with E-state index >= 15 is 0 Å². The van der Waals surface area contributed by atoms with Crippen LogP contribution in [-0.4, -0.2) is 20.2 Å². The van der Waals surface area contributed by atoms with E-state index < -0.39 is 5.82 Å². The lowest BCUT2D eigenvalue weighted by molar-refractivity contribution is 0.608. The van der Waals surface area contributed by atoms with Crippen LogP contribution in [0.5, 0.6) is 0 Å². The number of para-hydroxylation sites is 1. The summed E-state index contributed by atoms with van der Waals surface area (Å²) in [6.45, 7) is 0. The van der Waals surface area contributed by atoms with E-state index in [1.54, 1.807) is 24.3 Å². The molecule has 0 unspecified atom stereocenters. The minimum Gasteiger partial charge on any atom is -0.205 e. The molecule has 26 heavy (non-hydrogen) atoms. The molecular formula is C20H12FN5. The zero-order valence-electron chi connectivity index (χ0n) is 13.5. The molecule has 1 aromatic heterocycles. The maximum Gasteiger partial charge on any atom is 0.187 e. The molecule has 6 heteroatoms. The van der Waals surface area contributed by atoms with Crippen LogP contribution in [0.2, 0.25) is 0 Å². The molecule has 0 spiro atoms. The first-order valence-corrected chi connectivity index (χ1v) is 7.92. The van der Waals surface area contributed by atoms with Crippen molar-refractivity contribution in [2.45, 2.75) is 0 Å². The van der Waals surface area contributed by atoms with Crippen molar-refractivity contribution >= 4 is 0 Å². The van der Waals surface area contributed by atoms with E-state index in [0.29, 0.717) is 17.0 Å². The van der Waals surface area contributed by atoms with Crippen LogP contribution < -0.4 is 0 Å². The number of halogens is 1. The number of nitrogens with zero attached hydrogens (tertiary/aromatic N) is 5. The Morgan fingerprint density at radius 2 is 1.46 bits per heavy atom. The van der Waals surface area contributed by atoms with Crippen LogP contribution in [0.4, 0.5) is 4.39 Å². The van der Waals surface area contributed by atoms with Crippen LogP contribution in [0.15, 0.2) is 72.8 Å². The molecule has 0 aliphatic heterocycles. The normalized spacial score (nSPS) is 10.5. The average molecular weight is 341 g/mol. The largest absolute Gasteiger partial charge is 0.205 e. The zero-order valence-corrected chi connectivity index (χ0v) is 13.5. The van der Waals surface area contributed by atoms with Gasteiger partial charge in [-0.15, -0.1) is 5.10 Å². The smallest absolute Gasteiger partial charge is 0.187 e. The van der Waals surface area contributed by atoms with E-state index in [0.717, 1.165) is 11.1 Å². The van der Waals surface area contributed by atoms with Gasteiger partial charge in [-0.2, -0.15) is 9.94 Å². The number of tetrazole rings is 1. The summed E-state index contributed by atoms with van der Waals surface area (Å²) in [4.78, 5) is 0. The van der Waals surface area contributed by atoms with Crippen molar-refractivity contribution in [1.29, 1.82) is 5.26 Å². The highest BCUT2D eigenvalue weighted by Crippen LogP contribution is 2.33. The Balaban J connectivity index is 1.94. The maximum atomic E-state index is 14.2. The number of rotatable bonds is 3. The Morgan fingerprint density at radius 3 is 2.23 bits per heavy atom. The van der Waals surface area contributed by atoms with Crippen molar-refractivity contribution in [3.05, 3.63) is 84.2 Å². The van der Waals surface area contributed by atoms with Crippen LogP contribution in [0.3, 0.4) is 0 Å². The zero-order chi connectivity index (χ0) is 17.9. The number of hydrogen-bond acceptors (Lipinski definition) is 4. The summed E-state index contributed by atoms with van der Waals surface area (Å²) >= 11 is 0. The van der Waals surface area contributed by atoms with Gasteiger partial charge in [0.1, 0.15) is 11.5 Å². The van der Waals surface area contributed by atoms with Crippen LogP contribution in [-0.2, 0) is 0 Å². The number of nitriles is 1. The predicted molar refractivity (Wildman–Crippen MR) is 94.7 cm³/mol.